The summed E-state index contributed by atoms with van der Waals surface area (Å²) in [6.07, 6.45) is -1.03. The zero-order chi connectivity index (χ0) is 34.0. The van der Waals surface area contributed by atoms with Crippen LogP contribution >= 0.6 is 23.1 Å². The number of anilines is 1. The average molecular weight is 676 g/mol. The lowest BCUT2D eigenvalue weighted by Gasteiger charge is -2.25. The van der Waals surface area contributed by atoms with Gasteiger partial charge in [-0.25, -0.2) is 23.6 Å². The van der Waals surface area contributed by atoms with Crippen molar-refractivity contribution < 1.29 is 23.0 Å². The number of allylic oxidation sites excluding steroid dienone is 1. The molecule has 2 aromatic heterocycles. The van der Waals surface area contributed by atoms with Crippen LogP contribution in [0.3, 0.4) is 0 Å². The van der Waals surface area contributed by atoms with Crippen molar-refractivity contribution in [3.63, 3.8) is 0 Å². The van der Waals surface area contributed by atoms with Gasteiger partial charge in [0.25, 0.3) is 12.0 Å². The zero-order valence-corrected chi connectivity index (χ0v) is 28.1. The number of fused-ring (bicyclic) bond motifs is 1. The van der Waals surface area contributed by atoms with E-state index in [2.05, 4.69) is 16.0 Å². The van der Waals surface area contributed by atoms with E-state index in [9.17, 15) is 23.6 Å². The highest BCUT2D eigenvalue weighted by Gasteiger charge is 2.33. The van der Waals surface area contributed by atoms with Gasteiger partial charge in [-0.05, 0) is 66.9 Å². The smallest absolute Gasteiger partial charge is 0.338 e. The lowest BCUT2D eigenvalue weighted by atomic mass is 9.95. The number of halogens is 2. The number of nitrogens with zero attached hydrogens (tertiary/aromatic N) is 5. The number of thiazole rings is 1. The zero-order valence-electron chi connectivity index (χ0n) is 26.5. The number of esters is 1. The van der Waals surface area contributed by atoms with Crippen LogP contribution in [0.2, 0.25) is 0 Å². The molecule has 0 unspecified atom stereocenters. The van der Waals surface area contributed by atoms with Gasteiger partial charge in [-0.3, -0.25) is 9.36 Å². The predicted molar refractivity (Wildman–Crippen MR) is 178 cm³/mol. The van der Waals surface area contributed by atoms with Gasteiger partial charge in [0.05, 0.1) is 41.6 Å². The minimum Gasteiger partial charge on any atom is -0.496 e. The van der Waals surface area contributed by atoms with E-state index in [0.29, 0.717) is 37.5 Å². The number of aromatic nitrogens is 2. The maximum atomic E-state index is 14.0. The molecule has 0 radical (unpaired) electrons. The molecule has 0 fully saturated rings. The van der Waals surface area contributed by atoms with E-state index >= 15 is 0 Å². The molecule has 9 nitrogen and oxygen atoms in total. The molecule has 1 aliphatic heterocycles. The molecular weight excluding hydrogens is 645 g/mol. The van der Waals surface area contributed by atoms with Crippen LogP contribution < -0.4 is 24.5 Å². The summed E-state index contributed by atoms with van der Waals surface area (Å²) in [7, 11) is 6.68. The Labute approximate surface area is 278 Å². The van der Waals surface area contributed by atoms with E-state index in [0.717, 1.165) is 23.0 Å². The van der Waals surface area contributed by atoms with E-state index in [1.807, 2.05) is 49.3 Å². The Morgan fingerprint density at radius 3 is 2.51 bits per heavy atom. The standard InChI is InChI=1S/C34H31F2N5O4S2/c1-18-13-25(30(35)36)39-31(24(18)16-37)46-17-22-14-20(7-12-26(22)44-5)15-27-32(42)41-29(21-8-10-23(11-9-21)40(3)4)28(33(43)45-6)19(2)38-34(41)47-27/h7-15,29-30H,17H2,1-6H3/b27-15-/t29-/m1/s1. The molecule has 13 heteroatoms. The van der Waals surface area contributed by atoms with E-state index in [4.69, 9.17) is 9.47 Å². The molecule has 1 aliphatic rings. The Balaban J connectivity index is 1.57. The number of carbonyl (C=O) groups is 1. The number of thioether (sulfide) groups is 1. The fourth-order valence-corrected chi connectivity index (χ4v) is 7.37. The van der Waals surface area contributed by atoms with Gasteiger partial charge in [-0.1, -0.05) is 29.5 Å². The van der Waals surface area contributed by atoms with Crippen molar-refractivity contribution in [2.75, 3.05) is 33.2 Å². The number of aryl methyl sites for hydroxylation is 1. The van der Waals surface area contributed by atoms with Gasteiger partial charge in [0, 0.05) is 31.1 Å². The Morgan fingerprint density at radius 1 is 1.17 bits per heavy atom. The Kier molecular flexibility index (Phi) is 9.93. The van der Waals surface area contributed by atoms with Crippen molar-refractivity contribution >= 4 is 40.8 Å². The molecule has 0 spiro atoms. The van der Waals surface area contributed by atoms with Crippen molar-refractivity contribution in [1.82, 2.24) is 9.55 Å². The number of pyridine rings is 1. The van der Waals surface area contributed by atoms with Crippen molar-refractivity contribution in [2.24, 2.45) is 4.99 Å². The number of rotatable bonds is 9. The van der Waals surface area contributed by atoms with E-state index < -0.39 is 24.1 Å². The largest absolute Gasteiger partial charge is 0.496 e. The molecule has 0 aliphatic carbocycles. The molecule has 3 heterocycles. The van der Waals surface area contributed by atoms with Crippen LogP contribution in [-0.4, -0.2) is 43.8 Å². The van der Waals surface area contributed by atoms with Gasteiger partial charge in [-0.2, -0.15) is 5.26 Å². The highest BCUT2D eigenvalue weighted by Crippen LogP contribution is 2.34. The number of methoxy groups -OCH3 is 2. The number of nitriles is 1. The Hall–Kier alpha value is -4.80. The number of alkyl halides is 2. The summed E-state index contributed by atoms with van der Waals surface area (Å²) >= 11 is 2.36. The minimum absolute atomic E-state index is 0.207. The third-order valence-electron chi connectivity index (χ3n) is 7.66. The monoisotopic (exact) mass is 675 g/mol. The van der Waals surface area contributed by atoms with E-state index in [1.165, 1.54) is 36.2 Å². The maximum Gasteiger partial charge on any atom is 0.338 e. The first-order valence-electron chi connectivity index (χ1n) is 14.3. The first-order chi connectivity index (χ1) is 22.5. The molecule has 0 amide bonds. The van der Waals surface area contributed by atoms with Crippen molar-refractivity contribution in [1.29, 1.82) is 5.26 Å². The van der Waals surface area contributed by atoms with Gasteiger partial charge in [0.15, 0.2) is 4.80 Å². The predicted octanol–water partition coefficient (Wildman–Crippen LogP) is 5.29. The van der Waals surface area contributed by atoms with Gasteiger partial charge in [-0.15, -0.1) is 11.8 Å². The molecule has 0 bridgehead atoms. The number of hydrogen-bond donors (Lipinski definition) is 0. The number of hydrogen-bond acceptors (Lipinski definition) is 10. The highest BCUT2D eigenvalue weighted by molar-refractivity contribution is 7.98. The fraction of sp³-hybridized carbons (Fsp3) is 0.265. The van der Waals surface area contributed by atoms with Crippen LogP contribution in [0.4, 0.5) is 14.5 Å². The second-order valence-electron chi connectivity index (χ2n) is 10.9. The van der Waals surface area contributed by atoms with Gasteiger partial charge in [0.2, 0.25) is 0 Å². The molecule has 47 heavy (non-hydrogen) atoms. The fourth-order valence-electron chi connectivity index (χ4n) is 5.28. The molecule has 0 saturated carbocycles. The lowest BCUT2D eigenvalue weighted by molar-refractivity contribution is -0.136. The van der Waals surface area contributed by atoms with Crippen LogP contribution in [0.15, 0.2) is 74.6 Å². The summed E-state index contributed by atoms with van der Waals surface area (Å²) in [4.78, 5) is 38.1. The molecule has 4 aromatic rings. The molecule has 2 aromatic carbocycles. The van der Waals surface area contributed by atoms with Gasteiger partial charge >= 0.3 is 5.97 Å². The van der Waals surface area contributed by atoms with E-state index in [1.54, 1.807) is 32.1 Å². The number of benzene rings is 2. The summed E-state index contributed by atoms with van der Waals surface area (Å²) in [6.45, 7) is 3.33. The molecule has 0 N–H and O–H groups in total. The maximum absolute atomic E-state index is 14.0. The first kappa shape index (κ1) is 33.6. The van der Waals surface area contributed by atoms with Crippen LogP contribution in [0.1, 0.15) is 52.9 Å². The summed E-state index contributed by atoms with van der Waals surface area (Å²) in [5.41, 5.74) is 3.80. The van der Waals surface area contributed by atoms with Gasteiger partial charge in [0.1, 0.15) is 22.5 Å². The quantitative estimate of drug-likeness (QED) is 0.174. The minimum atomic E-state index is -2.77. The second-order valence-corrected chi connectivity index (χ2v) is 12.8. The van der Waals surface area contributed by atoms with E-state index in [-0.39, 0.29) is 27.5 Å². The third kappa shape index (κ3) is 6.70. The Bertz CT molecular complexity index is 2120. The third-order valence-corrected chi connectivity index (χ3v) is 9.66. The second kappa shape index (κ2) is 13.9. The molecular formula is C34H31F2N5O4S2. The Morgan fingerprint density at radius 2 is 1.89 bits per heavy atom. The lowest BCUT2D eigenvalue weighted by Crippen LogP contribution is -2.39. The van der Waals surface area contributed by atoms with Crippen molar-refractivity contribution in [2.45, 2.75) is 37.1 Å². The number of carbonyl (C=O) groups excluding carboxylic acids is 1. The summed E-state index contributed by atoms with van der Waals surface area (Å²) < 4.78 is 39.5. The summed E-state index contributed by atoms with van der Waals surface area (Å²) in [5, 5.41) is 9.85. The molecule has 5 rings (SSSR count). The van der Waals surface area contributed by atoms with Crippen LogP contribution in [-0.2, 0) is 15.3 Å². The molecule has 1 atom stereocenters. The van der Waals surface area contributed by atoms with Crippen molar-refractivity contribution in [3.8, 4) is 11.8 Å². The van der Waals surface area contributed by atoms with Crippen LogP contribution in [0, 0.1) is 18.3 Å². The van der Waals surface area contributed by atoms with Crippen molar-refractivity contribution in [3.05, 3.63) is 113 Å². The first-order valence-corrected chi connectivity index (χ1v) is 16.1. The molecule has 0 saturated heterocycles. The van der Waals surface area contributed by atoms with Crippen LogP contribution in [0.25, 0.3) is 6.08 Å². The highest BCUT2D eigenvalue weighted by atomic mass is 32.2. The van der Waals surface area contributed by atoms with Gasteiger partial charge < -0.3 is 14.4 Å². The summed E-state index contributed by atoms with van der Waals surface area (Å²) in [5.74, 6) is 0.253. The number of ether oxygens (including phenoxy) is 2. The van der Waals surface area contributed by atoms with Crippen LogP contribution in [0.5, 0.6) is 5.75 Å². The topological polar surface area (TPSA) is 110 Å². The molecule has 242 valence electrons. The average Bonchev–Trinajstić information content (AvgIpc) is 3.35. The SMILES string of the molecule is COC(=O)C1=C(C)N=c2s/c(=C\c3ccc(OC)c(CSc4nc(C(F)F)cc(C)c4C#N)c3)c(=O)n2[C@@H]1c1ccc(N(C)C)cc1. The summed E-state index contributed by atoms with van der Waals surface area (Å²) in [6, 6.07) is 15.6. The normalized spacial score (nSPS) is 14.5.